The Morgan fingerprint density at radius 1 is 1.00 bits per heavy atom. The van der Waals surface area contributed by atoms with Crippen molar-refractivity contribution in [3.05, 3.63) is 35.9 Å². The summed E-state index contributed by atoms with van der Waals surface area (Å²) in [5, 5.41) is 41.9. The van der Waals surface area contributed by atoms with Crippen LogP contribution in [0, 0.1) is 0 Å². The first kappa shape index (κ1) is 26.4. The van der Waals surface area contributed by atoms with Crippen molar-refractivity contribution in [3.63, 3.8) is 0 Å². The summed E-state index contributed by atoms with van der Waals surface area (Å²) in [5.41, 5.74) is 19.2. The number of ether oxygens (including phenoxy) is 2. The largest absolute Gasteiger partial charge is 0.389 e. The van der Waals surface area contributed by atoms with Crippen LogP contribution in [0.15, 0.2) is 30.3 Å². The fraction of sp³-hybridized carbons (Fsp3) is 0.739. The van der Waals surface area contributed by atoms with Crippen molar-refractivity contribution in [1.29, 1.82) is 0 Å². The Morgan fingerprint density at radius 2 is 1.67 bits per heavy atom. The van der Waals surface area contributed by atoms with Gasteiger partial charge in [-0.1, -0.05) is 37.3 Å². The van der Waals surface area contributed by atoms with Gasteiger partial charge in [-0.15, -0.1) is 0 Å². The summed E-state index contributed by atoms with van der Waals surface area (Å²) in [6.45, 7) is 5.16. The minimum absolute atomic E-state index is 0.193. The van der Waals surface area contributed by atoms with Crippen LogP contribution in [0.1, 0.15) is 32.3 Å². The van der Waals surface area contributed by atoms with Gasteiger partial charge in [-0.3, -0.25) is 4.90 Å². The van der Waals surface area contributed by atoms with Crippen LogP contribution in [-0.2, 0) is 16.0 Å². The molecular weight excluding hydrogens is 428 g/mol. The van der Waals surface area contributed by atoms with Crippen molar-refractivity contribution in [2.24, 2.45) is 17.2 Å². The minimum Gasteiger partial charge on any atom is -0.389 e. The standard InChI is InChI=1S/C23H40N4O6/c1-3-12(2)27(10-13-7-5-4-6-8-13)11-16-19(29)20(30)17(26)23(32-16)33-22-15(25)9-14(24)18(28)21(22)31/h4-8,12,14-23,28-31H,3,9-11,24-26H2,1-2H3/t12?,14-,15+,16-,17-,18+,19-,20-,21-,22-,23-/m1/s1. The lowest BCUT2D eigenvalue weighted by Gasteiger charge is -2.47. The van der Waals surface area contributed by atoms with Gasteiger partial charge in [0.05, 0.1) is 12.1 Å². The van der Waals surface area contributed by atoms with Gasteiger partial charge in [0.15, 0.2) is 6.29 Å². The molecule has 1 saturated carbocycles. The second-order valence-corrected chi connectivity index (χ2v) is 9.42. The summed E-state index contributed by atoms with van der Waals surface area (Å²) >= 11 is 0. The molecule has 2 fully saturated rings. The Kier molecular flexibility index (Phi) is 9.21. The molecule has 0 radical (unpaired) electrons. The van der Waals surface area contributed by atoms with Gasteiger partial charge in [-0.25, -0.2) is 0 Å². The van der Waals surface area contributed by atoms with E-state index in [2.05, 4.69) is 18.7 Å². The zero-order valence-corrected chi connectivity index (χ0v) is 19.4. The predicted molar refractivity (Wildman–Crippen MR) is 123 cm³/mol. The zero-order valence-electron chi connectivity index (χ0n) is 19.4. The third-order valence-corrected chi connectivity index (χ3v) is 6.99. The zero-order chi connectivity index (χ0) is 24.3. The van der Waals surface area contributed by atoms with E-state index in [1.165, 1.54) is 0 Å². The van der Waals surface area contributed by atoms with Gasteiger partial charge in [0.25, 0.3) is 0 Å². The molecule has 10 heteroatoms. The van der Waals surface area contributed by atoms with Crippen LogP contribution in [0.2, 0.25) is 0 Å². The molecule has 1 aliphatic heterocycles. The van der Waals surface area contributed by atoms with Crippen molar-refractivity contribution >= 4 is 0 Å². The molecule has 33 heavy (non-hydrogen) atoms. The Morgan fingerprint density at radius 3 is 2.30 bits per heavy atom. The van der Waals surface area contributed by atoms with Gasteiger partial charge in [0.1, 0.15) is 30.5 Å². The summed E-state index contributed by atoms with van der Waals surface area (Å²) in [6, 6.07) is 7.79. The van der Waals surface area contributed by atoms with Crippen molar-refractivity contribution in [1.82, 2.24) is 4.90 Å². The lowest BCUT2D eigenvalue weighted by Crippen LogP contribution is -2.67. The summed E-state index contributed by atoms with van der Waals surface area (Å²) < 4.78 is 11.9. The van der Waals surface area contributed by atoms with Crippen LogP contribution in [0.3, 0.4) is 0 Å². The molecule has 0 spiro atoms. The van der Waals surface area contributed by atoms with Gasteiger partial charge in [-0.2, -0.15) is 0 Å². The number of benzene rings is 1. The summed E-state index contributed by atoms with van der Waals surface area (Å²) in [7, 11) is 0. The predicted octanol–water partition coefficient (Wildman–Crippen LogP) is -1.77. The van der Waals surface area contributed by atoms with Gasteiger partial charge >= 0.3 is 0 Å². The Labute approximate surface area is 195 Å². The van der Waals surface area contributed by atoms with E-state index in [-0.39, 0.29) is 12.5 Å². The topological polar surface area (TPSA) is 181 Å². The highest BCUT2D eigenvalue weighted by atomic mass is 16.7. The van der Waals surface area contributed by atoms with Gasteiger partial charge in [0, 0.05) is 31.2 Å². The van der Waals surface area contributed by atoms with E-state index in [1.807, 2.05) is 30.3 Å². The number of rotatable bonds is 8. The molecule has 1 saturated heterocycles. The number of nitrogens with zero attached hydrogens (tertiary/aromatic N) is 1. The molecule has 1 aromatic carbocycles. The van der Waals surface area contributed by atoms with Crippen LogP contribution in [0.4, 0.5) is 0 Å². The number of hydrogen-bond donors (Lipinski definition) is 7. The first-order chi connectivity index (χ1) is 15.6. The maximum Gasteiger partial charge on any atom is 0.176 e. The highest BCUT2D eigenvalue weighted by Gasteiger charge is 2.48. The normalized spacial score (nSPS) is 40.7. The first-order valence-corrected chi connectivity index (χ1v) is 11.7. The van der Waals surface area contributed by atoms with Gasteiger partial charge in [-0.05, 0) is 25.3 Å². The maximum atomic E-state index is 10.7. The number of aliphatic hydroxyl groups excluding tert-OH is 4. The Hall–Kier alpha value is -1.18. The highest BCUT2D eigenvalue weighted by molar-refractivity contribution is 5.14. The van der Waals surface area contributed by atoms with Crippen LogP contribution in [0.5, 0.6) is 0 Å². The first-order valence-electron chi connectivity index (χ1n) is 11.7. The fourth-order valence-corrected chi connectivity index (χ4v) is 4.56. The molecule has 10 nitrogen and oxygen atoms in total. The van der Waals surface area contributed by atoms with E-state index < -0.39 is 61.0 Å². The molecule has 0 bridgehead atoms. The van der Waals surface area contributed by atoms with Crippen LogP contribution in [-0.4, -0.2) is 99.0 Å². The molecular formula is C23H40N4O6. The smallest absolute Gasteiger partial charge is 0.176 e. The average molecular weight is 469 g/mol. The molecule has 3 rings (SSSR count). The third kappa shape index (κ3) is 6.09. The van der Waals surface area contributed by atoms with E-state index in [0.29, 0.717) is 13.1 Å². The second-order valence-electron chi connectivity index (χ2n) is 9.42. The molecule has 1 aromatic rings. The lowest BCUT2D eigenvalue weighted by molar-refractivity contribution is -0.292. The fourth-order valence-electron chi connectivity index (χ4n) is 4.56. The van der Waals surface area contributed by atoms with E-state index in [4.69, 9.17) is 26.7 Å². The van der Waals surface area contributed by atoms with Crippen LogP contribution in [0.25, 0.3) is 0 Å². The number of nitrogens with two attached hydrogens (primary N) is 3. The Balaban J connectivity index is 1.73. The molecule has 0 amide bonds. The molecule has 1 unspecified atom stereocenters. The number of aliphatic hydroxyl groups is 4. The van der Waals surface area contributed by atoms with Crippen molar-refractivity contribution < 1.29 is 29.9 Å². The molecule has 188 valence electrons. The maximum absolute atomic E-state index is 10.7. The molecule has 2 aliphatic rings. The molecule has 1 aliphatic carbocycles. The average Bonchev–Trinajstić information content (AvgIpc) is 2.81. The van der Waals surface area contributed by atoms with Crippen LogP contribution >= 0.6 is 0 Å². The van der Waals surface area contributed by atoms with E-state index in [0.717, 1.165) is 12.0 Å². The van der Waals surface area contributed by atoms with Crippen molar-refractivity contribution in [2.75, 3.05) is 6.54 Å². The van der Waals surface area contributed by atoms with E-state index >= 15 is 0 Å². The third-order valence-electron chi connectivity index (χ3n) is 6.99. The summed E-state index contributed by atoms with van der Waals surface area (Å²) in [4.78, 5) is 2.17. The summed E-state index contributed by atoms with van der Waals surface area (Å²) in [5.74, 6) is 0. The lowest BCUT2D eigenvalue weighted by atomic mass is 9.84. The summed E-state index contributed by atoms with van der Waals surface area (Å²) in [6.07, 6.45) is -6.79. The van der Waals surface area contributed by atoms with Crippen molar-refractivity contribution in [2.45, 2.75) is 100 Å². The monoisotopic (exact) mass is 468 g/mol. The molecule has 1 heterocycles. The molecule has 0 aromatic heterocycles. The van der Waals surface area contributed by atoms with Gasteiger partial charge < -0.3 is 47.1 Å². The quantitative estimate of drug-likeness (QED) is 0.231. The van der Waals surface area contributed by atoms with Gasteiger partial charge in [0.2, 0.25) is 0 Å². The highest BCUT2D eigenvalue weighted by Crippen LogP contribution is 2.28. The van der Waals surface area contributed by atoms with E-state index in [9.17, 15) is 20.4 Å². The van der Waals surface area contributed by atoms with Crippen LogP contribution < -0.4 is 17.2 Å². The second kappa shape index (κ2) is 11.5. The number of hydrogen-bond acceptors (Lipinski definition) is 10. The van der Waals surface area contributed by atoms with E-state index in [1.54, 1.807) is 0 Å². The SMILES string of the molecule is CCC(C)N(Cc1ccccc1)C[C@H]1O[C@H](O[C@H]2[C@H](O)[C@@H](O)[C@H](N)C[C@@H]2N)[C@H](N)[C@@H](O)[C@@H]1O. The Bertz CT molecular complexity index is 730. The molecule has 10 N–H and O–H groups in total. The van der Waals surface area contributed by atoms with Crippen molar-refractivity contribution in [3.8, 4) is 0 Å². The minimum atomic E-state index is -1.32. The molecule has 11 atom stereocenters.